The van der Waals surface area contributed by atoms with Gasteiger partial charge in [0.2, 0.25) is 5.91 Å². The molecule has 1 aliphatic heterocycles. The van der Waals surface area contributed by atoms with Gasteiger partial charge in [0.15, 0.2) is 11.2 Å². The molecule has 0 bridgehead atoms. The van der Waals surface area contributed by atoms with Gasteiger partial charge in [0, 0.05) is 18.2 Å². The van der Waals surface area contributed by atoms with Crippen molar-refractivity contribution in [3.8, 4) is 0 Å². The summed E-state index contributed by atoms with van der Waals surface area (Å²) in [4.78, 5) is 33.5. The number of hydrogen-bond acceptors (Lipinski definition) is 10. The molecule has 5 N–H and O–H groups in total. The summed E-state index contributed by atoms with van der Waals surface area (Å²) < 4.78 is 24.0. The van der Waals surface area contributed by atoms with Crippen molar-refractivity contribution in [2.75, 3.05) is 17.7 Å². The number of amides is 1. The lowest BCUT2D eigenvalue weighted by molar-refractivity contribution is -0.152. The summed E-state index contributed by atoms with van der Waals surface area (Å²) in [6.07, 6.45) is 2.73. The van der Waals surface area contributed by atoms with Crippen molar-refractivity contribution in [3.63, 3.8) is 0 Å². The molecule has 4 rings (SSSR count). The van der Waals surface area contributed by atoms with Crippen molar-refractivity contribution >= 4 is 34.9 Å². The van der Waals surface area contributed by atoms with Crippen molar-refractivity contribution in [2.45, 2.75) is 25.8 Å². The Labute approximate surface area is 199 Å². The third-order valence-electron chi connectivity index (χ3n) is 5.48. The second-order valence-corrected chi connectivity index (χ2v) is 7.76. The van der Waals surface area contributed by atoms with Crippen LogP contribution in [0.5, 0.6) is 0 Å². The lowest BCUT2D eigenvalue weighted by Gasteiger charge is -2.20. The predicted octanol–water partition coefficient (Wildman–Crippen LogP) is 2.16. The second kappa shape index (κ2) is 9.33. The molecule has 180 valence electrons. The van der Waals surface area contributed by atoms with Gasteiger partial charge in [0.25, 0.3) is 0 Å². The minimum atomic E-state index is -1.71. The van der Waals surface area contributed by atoms with E-state index >= 15 is 0 Å². The number of nitrogens with zero attached hydrogens (tertiary/aromatic N) is 3. The standard InChI is InChI=1S/C23H22FN7O4/c1-3-34-22(33)23(2)17-18(26)28-19(29-20(17)30-21(23)32)14(25)10-16(15-8-9-35-31-15)27-11-12-6-4-5-7-13(12)24/h4-10,25,27H,3,11H2,1-2H3,(H3,26,28,29,30,32)/b16-10-,25-14?. The van der Waals surface area contributed by atoms with Crippen LogP contribution < -0.4 is 16.4 Å². The van der Waals surface area contributed by atoms with E-state index in [1.807, 2.05) is 0 Å². The van der Waals surface area contributed by atoms with Crippen LogP contribution in [0, 0.1) is 11.2 Å². The van der Waals surface area contributed by atoms with Crippen molar-refractivity contribution in [3.05, 3.63) is 71.1 Å². The zero-order valence-corrected chi connectivity index (χ0v) is 18.9. The maximum absolute atomic E-state index is 14.0. The lowest BCUT2D eigenvalue weighted by atomic mass is 9.84. The molecule has 1 atom stereocenters. The van der Waals surface area contributed by atoms with E-state index in [1.54, 1.807) is 31.2 Å². The Bertz CT molecular complexity index is 1340. The fourth-order valence-corrected chi connectivity index (χ4v) is 3.61. The summed E-state index contributed by atoms with van der Waals surface area (Å²) in [5.41, 5.74) is 5.42. The molecule has 0 radical (unpaired) electrons. The van der Waals surface area contributed by atoms with Crippen LogP contribution in [0.25, 0.3) is 5.70 Å². The molecule has 11 nitrogen and oxygen atoms in total. The predicted molar refractivity (Wildman–Crippen MR) is 124 cm³/mol. The summed E-state index contributed by atoms with van der Waals surface area (Å²) in [7, 11) is 0. The Morgan fingerprint density at radius 2 is 2.11 bits per heavy atom. The number of nitrogens with one attached hydrogen (secondary N) is 3. The van der Waals surface area contributed by atoms with E-state index < -0.39 is 17.3 Å². The molecule has 1 unspecified atom stereocenters. The van der Waals surface area contributed by atoms with Crippen molar-refractivity contribution in [1.82, 2.24) is 20.4 Å². The number of ether oxygens (including phenoxy) is 1. The average molecular weight is 479 g/mol. The molecule has 0 spiro atoms. The van der Waals surface area contributed by atoms with Gasteiger partial charge in [0.1, 0.15) is 35.1 Å². The maximum Gasteiger partial charge on any atom is 0.326 e. The van der Waals surface area contributed by atoms with E-state index in [0.717, 1.165) is 0 Å². The number of rotatable bonds is 8. The summed E-state index contributed by atoms with van der Waals surface area (Å²) in [6, 6.07) is 7.83. The summed E-state index contributed by atoms with van der Waals surface area (Å²) in [5, 5.41) is 17.9. The molecular formula is C23H22FN7O4. The van der Waals surface area contributed by atoms with Gasteiger partial charge in [-0.15, -0.1) is 0 Å². The molecule has 0 fully saturated rings. The normalized spacial score (nSPS) is 17.0. The first-order chi connectivity index (χ1) is 16.8. The summed E-state index contributed by atoms with van der Waals surface area (Å²) >= 11 is 0. The number of hydrogen-bond donors (Lipinski definition) is 4. The number of carbonyl (C=O) groups is 2. The van der Waals surface area contributed by atoms with E-state index in [9.17, 15) is 14.0 Å². The molecular weight excluding hydrogens is 457 g/mol. The van der Waals surface area contributed by atoms with Crippen molar-refractivity contribution < 1.29 is 23.2 Å². The molecule has 1 aliphatic rings. The van der Waals surface area contributed by atoms with Gasteiger partial charge in [0.05, 0.1) is 17.9 Å². The minimum Gasteiger partial charge on any atom is -0.465 e. The van der Waals surface area contributed by atoms with Crippen molar-refractivity contribution in [2.24, 2.45) is 0 Å². The highest BCUT2D eigenvalue weighted by molar-refractivity contribution is 6.20. The third-order valence-corrected chi connectivity index (χ3v) is 5.48. The Kier molecular flexibility index (Phi) is 6.28. The van der Waals surface area contributed by atoms with Crippen molar-refractivity contribution in [1.29, 1.82) is 5.41 Å². The Hall–Kier alpha value is -4.61. The zero-order valence-electron chi connectivity index (χ0n) is 18.9. The number of esters is 1. The van der Waals surface area contributed by atoms with E-state index in [4.69, 9.17) is 20.4 Å². The average Bonchev–Trinajstić information content (AvgIpc) is 3.45. The van der Waals surface area contributed by atoms with Gasteiger partial charge in [-0.1, -0.05) is 23.4 Å². The first-order valence-electron chi connectivity index (χ1n) is 10.6. The summed E-state index contributed by atoms with van der Waals surface area (Å²) in [5.74, 6) is -2.04. The molecule has 1 aromatic carbocycles. The Balaban J connectivity index is 1.66. The molecule has 3 heterocycles. The second-order valence-electron chi connectivity index (χ2n) is 7.76. The smallest absolute Gasteiger partial charge is 0.326 e. The van der Waals surface area contributed by atoms with E-state index in [2.05, 4.69) is 25.8 Å². The number of nitrogen functional groups attached to an aromatic ring is 1. The van der Waals surface area contributed by atoms with Gasteiger partial charge in [-0.3, -0.25) is 15.0 Å². The molecule has 3 aromatic rings. The Morgan fingerprint density at radius 3 is 2.80 bits per heavy atom. The maximum atomic E-state index is 14.0. The van der Waals surface area contributed by atoms with E-state index in [-0.39, 0.29) is 47.7 Å². The Morgan fingerprint density at radius 1 is 1.34 bits per heavy atom. The van der Waals surface area contributed by atoms with Gasteiger partial charge >= 0.3 is 5.97 Å². The van der Waals surface area contributed by atoms with E-state index in [1.165, 1.54) is 25.3 Å². The number of benzene rings is 1. The fraction of sp³-hybridized carbons (Fsp3) is 0.217. The number of anilines is 2. The van der Waals surface area contributed by atoms with Crippen LogP contribution in [-0.2, 0) is 26.3 Å². The fourth-order valence-electron chi connectivity index (χ4n) is 3.61. The molecule has 1 amide bonds. The number of carbonyl (C=O) groups excluding carboxylic acids is 2. The number of fused-ring (bicyclic) bond motifs is 1. The first-order valence-corrected chi connectivity index (χ1v) is 10.6. The third kappa shape index (κ3) is 4.33. The number of aromatic nitrogens is 3. The highest BCUT2D eigenvalue weighted by atomic mass is 19.1. The largest absolute Gasteiger partial charge is 0.465 e. The van der Waals surface area contributed by atoms with Gasteiger partial charge < -0.3 is 25.6 Å². The van der Waals surface area contributed by atoms with Crippen LogP contribution in [0.3, 0.4) is 0 Å². The van der Waals surface area contributed by atoms with Gasteiger partial charge in [-0.25, -0.2) is 14.4 Å². The SMILES string of the molecule is CCOC(=O)C1(C)C(=O)Nc2nc(C(=N)/C=C(\NCc3ccccc3F)c3ccon3)nc(N)c21. The van der Waals surface area contributed by atoms with Crippen LogP contribution in [0.4, 0.5) is 16.0 Å². The molecule has 0 aliphatic carbocycles. The quantitative estimate of drug-likeness (QED) is 0.215. The molecule has 0 saturated heterocycles. The van der Waals surface area contributed by atoms with Gasteiger partial charge in [-0.2, -0.15) is 0 Å². The zero-order chi connectivity index (χ0) is 25.2. The topological polar surface area (TPSA) is 169 Å². The monoisotopic (exact) mass is 479 g/mol. The number of allylic oxidation sites excluding steroid dienone is 1. The number of halogens is 1. The number of nitrogens with two attached hydrogens (primary N) is 1. The van der Waals surface area contributed by atoms with Gasteiger partial charge in [-0.05, 0) is 26.0 Å². The highest BCUT2D eigenvalue weighted by Crippen LogP contribution is 2.40. The van der Waals surface area contributed by atoms with Crippen LogP contribution >= 0.6 is 0 Å². The molecule has 35 heavy (non-hydrogen) atoms. The molecule has 0 saturated carbocycles. The van der Waals surface area contributed by atoms with Crippen LogP contribution in [-0.4, -0.2) is 39.3 Å². The molecule has 12 heteroatoms. The van der Waals surface area contributed by atoms with Crippen LogP contribution in [0.15, 0.2) is 47.2 Å². The summed E-state index contributed by atoms with van der Waals surface area (Å²) in [6.45, 7) is 3.19. The lowest BCUT2D eigenvalue weighted by Crippen LogP contribution is -2.41. The molecule has 2 aromatic heterocycles. The van der Waals surface area contributed by atoms with E-state index in [0.29, 0.717) is 17.0 Å². The highest BCUT2D eigenvalue weighted by Gasteiger charge is 2.53. The van der Waals surface area contributed by atoms with Crippen LogP contribution in [0.2, 0.25) is 0 Å². The first kappa shape index (κ1) is 23.5. The van der Waals surface area contributed by atoms with Crippen LogP contribution in [0.1, 0.15) is 36.5 Å². The minimum absolute atomic E-state index is 0.0218.